The number of amides is 4. The molecule has 0 aliphatic carbocycles. The second-order valence-corrected chi connectivity index (χ2v) is 18.9. The second-order valence-electron chi connectivity index (χ2n) is 18.9. The smallest absolute Gasteiger partial charge is 0.261 e. The fourth-order valence-electron chi connectivity index (χ4n) is 9.73. The largest absolute Gasteiger partial charge is 0.493 e. The number of unbranched alkanes of at least 4 members (excludes halogenated alkanes) is 1. The van der Waals surface area contributed by atoms with E-state index in [1.807, 2.05) is 85.6 Å². The van der Waals surface area contributed by atoms with Crippen LogP contribution in [0.3, 0.4) is 0 Å². The van der Waals surface area contributed by atoms with E-state index in [0.717, 1.165) is 28.1 Å². The van der Waals surface area contributed by atoms with Crippen molar-refractivity contribution in [2.24, 2.45) is 15.9 Å². The number of nitrogens with zero attached hydrogens (tertiary/aromatic N) is 4. The number of aliphatic imine (C=N–C) groups is 2. The normalized spacial score (nSPS) is 16.7. The maximum absolute atomic E-state index is 14.1. The molecule has 0 bridgehead atoms. The number of fused-ring (bicyclic) bond motifs is 8. The molecule has 4 heterocycles. The van der Waals surface area contributed by atoms with Crippen LogP contribution in [0.1, 0.15) is 108 Å². The average Bonchev–Trinajstić information content (AvgIpc) is 3.87. The Balaban J connectivity index is 0.924. The fourth-order valence-corrected chi connectivity index (χ4v) is 9.73. The predicted molar refractivity (Wildman–Crippen MR) is 276 cm³/mol. The number of benzene rings is 5. The number of rotatable bonds is 19. The summed E-state index contributed by atoms with van der Waals surface area (Å²) in [7, 11) is 1.51. The van der Waals surface area contributed by atoms with Crippen LogP contribution in [0.4, 0.5) is 28.4 Å². The van der Waals surface area contributed by atoms with Gasteiger partial charge in [-0.25, -0.2) is 0 Å². The number of Topliss-reactive ketones (excluding diaryl/α,β-unsaturated/α-hetero) is 2. The Morgan fingerprint density at radius 3 is 1.86 bits per heavy atom. The maximum atomic E-state index is 14.1. The van der Waals surface area contributed by atoms with Gasteiger partial charge in [0, 0.05) is 86.1 Å². The second kappa shape index (κ2) is 21.2. The minimum absolute atomic E-state index is 0.0152. The Labute approximate surface area is 418 Å². The van der Waals surface area contributed by atoms with Crippen LogP contribution in [0.2, 0.25) is 0 Å². The predicted octanol–water partition coefficient (Wildman–Crippen LogP) is 9.31. The third-order valence-electron chi connectivity index (χ3n) is 13.7. The lowest BCUT2D eigenvalue weighted by Gasteiger charge is -2.22. The summed E-state index contributed by atoms with van der Waals surface area (Å²) in [4.78, 5) is 92.4. The number of carbonyl (C=O) groups is 6. The Bertz CT molecular complexity index is 3050. The van der Waals surface area contributed by atoms with E-state index in [2.05, 4.69) is 10.6 Å². The molecule has 15 heteroatoms. The number of ketones is 2. The molecular weight excluding hydrogens is 913 g/mol. The number of aryl methyl sites for hydroxylation is 1. The van der Waals surface area contributed by atoms with Crippen molar-refractivity contribution in [2.75, 3.05) is 22.2 Å². The molecule has 15 nitrogen and oxygen atoms in total. The van der Waals surface area contributed by atoms with E-state index in [1.165, 1.54) is 7.11 Å². The van der Waals surface area contributed by atoms with Crippen molar-refractivity contribution in [3.05, 3.63) is 130 Å². The van der Waals surface area contributed by atoms with Gasteiger partial charge < -0.3 is 24.8 Å². The Kier molecular flexibility index (Phi) is 14.4. The summed E-state index contributed by atoms with van der Waals surface area (Å²) in [6, 6.07) is 26.9. The summed E-state index contributed by atoms with van der Waals surface area (Å²) in [5, 5.41) is 5.71. The van der Waals surface area contributed by atoms with Gasteiger partial charge >= 0.3 is 0 Å². The van der Waals surface area contributed by atoms with E-state index in [4.69, 9.17) is 24.2 Å². The summed E-state index contributed by atoms with van der Waals surface area (Å²) >= 11 is 0. The van der Waals surface area contributed by atoms with Crippen molar-refractivity contribution in [1.29, 1.82) is 0 Å². The van der Waals surface area contributed by atoms with Gasteiger partial charge in [0.15, 0.2) is 17.3 Å². The van der Waals surface area contributed by atoms with Crippen LogP contribution in [0.15, 0.2) is 101 Å². The Morgan fingerprint density at radius 1 is 0.708 bits per heavy atom. The quantitative estimate of drug-likeness (QED) is 0.0761. The van der Waals surface area contributed by atoms with E-state index in [9.17, 15) is 28.8 Å². The van der Waals surface area contributed by atoms with Crippen LogP contribution in [0, 0.1) is 12.8 Å². The van der Waals surface area contributed by atoms with Crippen LogP contribution in [-0.2, 0) is 45.2 Å². The number of hydrogen-bond acceptors (Lipinski definition) is 11. The molecule has 0 aromatic heterocycles. The molecule has 9 rings (SSSR count). The Morgan fingerprint density at radius 2 is 1.26 bits per heavy atom. The van der Waals surface area contributed by atoms with E-state index in [-0.39, 0.29) is 67.4 Å². The highest BCUT2D eigenvalue weighted by Gasteiger charge is 2.38. The summed E-state index contributed by atoms with van der Waals surface area (Å²) in [5.74, 6) is -0.659. The zero-order chi connectivity index (χ0) is 50.6. The molecule has 2 N–H and O–H groups in total. The van der Waals surface area contributed by atoms with Gasteiger partial charge in [-0.3, -0.25) is 48.6 Å². The van der Waals surface area contributed by atoms with E-state index in [0.29, 0.717) is 95.1 Å². The number of nitrogens with one attached hydrogen (secondary N) is 2. The van der Waals surface area contributed by atoms with Gasteiger partial charge in [0.1, 0.15) is 24.7 Å². The van der Waals surface area contributed by atoms with Gasteiger partial charge in [0.2, 0.25) is 11.8 Å². The highest BCUT2D eigenvalue weighted by molar-refractivity contribution is 6.16. The van der Waals surface area contributed by atoms with Gasteiger partial charge in [-0.05, 0) is 97.0 Å². The summed E-state index contributed by atoms with van der Waals surface area (Å²) in [6.45, 7) is 7.03. The standard InChI is InChI=1S/C57H58N6O9/c1-6-43(64)15-9-12-18-54(66)60-35(4)50(65)20-34(3)55(67)61-40-22-36(31-71-51-27-46-44(19-33(51)2)56(68)62-41(29-58-46)24-38-13-7-10-16-48(38)62)21-37(23-40)32-72-53-28-47-45(26-52(53)70-5)57(69)63-42(30-59-47)25-39-14-8-11-17-49(39)63/h7-8,10-11,13-14,16-17,19,21-23,26-30,34-35,41-42H,6,9,12,15,18,20,24-25,31-32H2,1-5H3,(H,60,66)(H,61,67)/t34-,35+,41+,42+/m1/s1. The van der Waals surface area contributed by atoms with Crippen LogP contribution < -0.4 is 34.6 Å². The number of carbonyl (C=O) groups excluding carboxylic acids is 6. The molecule has 0 spiro atoms. The molecule has 4 amide bonds. The molecule has 0 radical (unpaired) electrons. The number of hydrogen-bond donors (Lipinski definition) is 2. The van der Waals surface area contributed by atoms with E-state index in [1.54, 1.807) is 55.3 Å². The first kappa shape index (κ1) is 49.1. The minimum Gasteiger partial charge on any atom is -0.493 e. The zero-order valence-corrected chi connectivity index (χ0v) is 41.2. The highest BCUT2D eigenvalue weighted by Crippen LogP contribution is 2.42. The van der Waals surface area contributed by atoms with Crippen molar-refractivity contribution in [2.45, 2.75) is 110 Å². The number of anilines is 3. The monoisotopic (exact) mass is 970 g/mol. The third-order valence-corrected chi connectivity index (χ3v) is 13.7. The lowest BCUT2D eigenvalue weighted by Crippen LogP contribution is -2.39. The highest BCUT2D eigenvalue weighted by atomic mass is 16.5. The van der Waals surface area contributed by atoms with Gasteiger partial charge in [-0.1, -0.05) is 50.2 Å². The number of ether oxygens (including phenoxy) is 3. The van der Waals surface area contributed by atoms with Crippen LogP contribution in [0.25, 0.3) is 0 Å². The summed E-state index contributed by atoms with van der Waals surface area (Å²) in [5.41, 5.74) is 8.25. The summed E-state index contributed by atoms with van der Waals surface area (Å²) < 4.78 is 18.6. The summed E-state index contributed by atoms with van der Waals surface area (Å²) in [6.07, 6.45) is 7.08. The molecule has 5 aromatic carbocycles. The van der Waals surface area contributed by atoms with Crippen LogP contribution >= 0.6 is 0 Å². The lowest BCUT2D eigenvalue weighted by atomic mass is 9.99. The third kappa shape index (κ3) is 10.4. The molecule has 5 aromatic rings. The molecule has 370 valence electrons. The fraction of sp³-hybridized carbons (Fsp3) is 0.333. The average molecular weight is 971 g/mol. The first-order chi connectivity index (χ1) is 34.8. The molecule has 4 aliphatic heterocycles. The van der Waals surface area contributed by atoms with Crippen molar-refractivity contribution in [1.82, 2.24) is 5.32 Å². The molecule has 0 saturated carbocycles. The molecule has 72 heavy (non-hydrogen) atoms. The van der Waals surface area contributed by atoms with Crippen LogP contribution in [0.5, 0.6) is 17.2 Å². The molecule has 4 atom stereocenters. The van der Waals surface area contributed by atoms with Crippen LogP contribution in [-0.4, -0.2) is 72.9 Å². The van der Waals surface area contributed by atoms with Crippen molar-refractivity contribution < 1.29 is 43.0 Å². The Hall–Kier alpha value is -7.94. The number of para-hydroxylation sites is 2. The van der Waals surface area contributed by atoms with E-state index >= 15 is 0 Å². The minimum atomic E-state index is -0.800. The lowest BCUT2D eigenvalue weighted by molar-refractivity contribution is -0.129. The number of methoxy groups -OCH3 is 1. The maximum Gasteiger partial charge on any atom is 0.261 e. The molecule has 0 saturated heterocycles. The van der Waals surface area contributed by atoms with Gasteiger partial charge in [-0.2, -0.15) is 0 Å². The molecule has 4 aliphatic rings. The molecule has 0 fully saturated rings. The molecule has 0 unspecified atom stereocenters. The molecular formula is C57H58N6O9. The first-order valence-electron chi connectivity index (χ1n) is 24.6. The van der Waals surface area contributed by atoms with Crippen molar-refractivity contribution in [3.63, 3.8) is 0 Å². The topological polar surface area (TPSA) is 185 Å². The van der Waals surface area contributed by atoms with Crippen molar-refractivity contribution in [3.8, 4) is 17.2 Å². The van der Waals surface area contributed by atoms with Gasteiger partial charge in [-0.15, -0.1) is 0 Å². The zero-order valence-electron chi connectivity index (χ0n) is 41.2. The van der Waals surface area contributed by atoms with Gasteiger partial charge in [0.25, 0.3) is 11.8 Å². The van der Waals surface area contributed by atoms with E-state index < -0.39 is 17.9 Å². The SMILES string of the molecule is CCC(=O)CCCCC(=O)N[C@@H](C)C(=O)C[C@@H](C)C(=O)Nc1cc(COc2cc3c(cc2C)C(=O)N2c4ccccc4C[C@H]2C=N3)cc(COc2cc3c(cc2OC)C(=O)N2c4ccccc4C[C@H]2C=N3)c1. The first-order valence-corrected chi connectivity index (χ1v) is 24.6. The van der Waals surface area contributed by atoms with Crippen molar-refractivity contribution >= 4 is 76.1 Å². The van der Waals surface area contributed by atoms with Gasteiger partial charge in [0.05, 0.1) is 47.7 Å².